The fourth-order valence-electron chi connectivity index (χ4n) is 2.97. The second-order valence-electron chi connectivity index (χ2n) is 6.34. The Balaban J connectivity index is 1.66. The molecule has 2 N–H and O–H groups in total. The molecular formula is C22H14ClN3O4. The monoisotopic (exact) mass is 419 g/mol. The van der Waals surface area contributed by atoms with E-state index in [1.54, 1.807) is 49.6 Å². The summed E-state index contributed by atoms with van der Waals surface area (Å²) in [5, 5.41) is 18.8. The number of nitriles is 1. The molecule has 2 aromatic carbocycles. The summed E-state index contributed by atoms with van der Waals surface area (Å²) in [4.78, 5) is 18.7. The number of hydrogen-bond donors (Lipinski definition) is 2. The van der Waals surface area contributed by atoms with Gasteiger partial charge in [0.2, 0.25) is 0 Å². The minimum Gasteiger partial charge on any atom is -0.497 e. The van der Waals surface area contributed by atoms with E-state index in [2.05, 4.69) is 16.0 Å². The van der Waals surface area contributed by atoms with Crippen molar-refractivity contribution in [1.82, 2.24) is 9.97 Å². The highest BCUT2D eigenvalue weighted by Crippen LogP contribution is 2.29. The smallest absolute Gasteiger partial charge is 0.337 e. The quantitative estimate of drug-likeness (QED) is 0.427. The molecule has 0 amide bonds. The van der Waals surface area contributed by atoms with Crippen molar-refractivity contribution in [3.8, 4) is 23.1 Å². The minimum atomic E-state index is -1.10. The van der Waals surface area contributed by atoms with Crippen LogP contribution in [-0.2, 0) is 0 Å². The summed E-state index contributed by atoms with van der Waals surface area (Å²) in [7, 11) is 1.58. The molecule has 8 heteroatoms. The number of aromatic amines is 1. The summed E-state index contributed by atoms with van der Waals surface area (Å²) in [6.07, 6.45) is 1.58. The number of imidazole rings is 1. The van der Waals surface area contributed by atoms with Gasteiger partial charge in [0.1, 0.15) is 29.2 Å². The van der Waals surface area contributed by atoms with E-state index in [4.69, 9.17) is 25.9 Å². The highest BCUT2D eigenvalue weighted by molar-refractivity contribution is 6.33. The molecule has 0 unspecified atom stereocenters. The number of carboxylic acids is 1. The molecule has 0 atom stereocenters. The highest BCUT2D eigenvalue weighted by Gasteiger charge is 2.13. The van der Waals surface area contributed by atoms with Crippen LogP contribution in [0, 0.1) is 11.3 Å². The molecule has 0 spiro atoms. The molecular weight excluding hydrogens is 406 g/mol. The van der Waals surface area contributed by atoms with E-state index in [-0.39, 0.29) is 10.6 Å². The van der Waals surface area contributed by atoms with Crippen molar-refractivity contribution in [2.45, 2.75) is 0 Å². The number of carbonyl (C=O) groups is 1. The summed E-state index contributed by atoms with van der Waals surface area (Å²) >= 11 is 6.03. The summed E-state index contributed by atoms with van der Waals surface area (Å²) in [5.41, 5.74) is 2.39. The van der Waals surface area contributed by atoms with Gasteiger partial charge in [-0.05, 0) is 36.4 Å². The number of methoxy groups -OCH3 is 1. The normalized spacial score (nSPS) is 11.4. The topological polar surface area (TPSA) is 112 Å². The first-order valence-electron chi connectivity index (χ1n) is 8.77. The Hall–Kier alpha value is -4.02. The van der Waals surface area contributed by atoms with Crippen LogP contribution in [-0.4, -0.2) is 28.2 Å². The fraction of sp³-hybridized carbons (Fsp3) is 0.0455. The molecule has 148 valence electrons. The molecule has 4 aromatic rings. The van der Waals surface area contributed by atoms with Gasteiger partial charge in [0.25, 0.3) is 0 Å². The zero-order valence-corrected chi connectivity index (χ0v) is 16.4. The zero-order chi connectivity index (χ0) is 21.3. The molecule has 0 radical (unpaired) electrons. The van der Waals surface area contributed by atoms with Gasteiger partial charge < -0.3 is 19.2 Å². The van der Waals surface area contributed by atoms with Crippen LogP contribution >= 0.6 is 11.6 Å². The van der Waals surface area contributed by atoms with Gasteiger partial charge in [-0.3, -0.25) is 0 Å². The Bertz CT molecular complexity index is 1340. The predicted molar refractivity (Wildman–Crippen MR) is 112 cm³/mol. The van der Waals surface area contributed by atoms with Crippen LogP contribution in [0.5, 0.6) is 5.75 Å². The first-order chi connectivity index (χ1) is 14.5. The Kier molecular flexibility index (Phi) is 5.00. The van der Waals surface area contributed by atoms with Crippen molar-refractivity contribution in [3.63, 3.8) is 0 Å². The number of aromatic carboxylic acids is 1. The highest BCUT2D eigenvalue weighted by atomic mass is 35.5. The van der Waals surface area contributed by atoms with Crippen LogP contribution in [0.25, 0.3) is 34.0 Å². The van der Waals surface area contributed by atoms with Gasteiger partial charge in [0.05, 0.1) is 34.3 Å². The third kappa shape index (κ3) is 3.64. The summed E-state index contributed by atoms with van der Waals surface area (Å²) in [5.74, 6) is 0.928. The van der Waals surface area contributed by atoms with E-state index in [9.17, 15) is 10.1 Å². The van der Waals surface area contributed by atoms with Crippen LogP contribution < -0.4 is 4.74 Å². The largest absolute Gasteiger partial charge is 0.497 e. The molecule has 0 fully saturated rings. The number of allylic oxidation sites excluding steroid dienone is 1. The zero-order valence-electron chi connectivity index (χ0n) is 15.6. The molecule has 2 heterocycles. The average Bonchev–Trinajstić information content (AvgIpc) is 3.37. The second kappa shape index (κ2) is 7.78. The lowest BCUT2D eigenvalue weighted by Gasteiger charge is -2.01. The van der Waals surface area contributed by atoms with E-state index >= 15 is 0 Å². The Morgan fingerprint density at radius 3 is 2.80 bits per heavy atom. The molecule has 30 heavy (non-hydrogen) atoms. The van der Waals surface area contributed by atoms with Crippen LogP contribution in [0.1, 0.15) is 21.9 Å². The lowest BCUT2D eigenvalue weighted by atomic mass is 10.1. The minimum absolute atomic E-state index is 0.0142. The third-order valence-electron chi connectivity index (χ3n) is 4.46. The summed E-state index contributed by atoms with van der Waals surface area (Å²) < 4.78 is 11.0. The lowest BCUT2D eigenvalue weighted by Crippen LogP contribution is -1.96. The number of nitrogens with zero attached hydrogens (tertiary/aromatic N) is 2. The van der Waals surface area contributed by atoms with Crippen LogP contribution in [0.2, 0.25) is 5.02 Å². The number of furan rings is 1. The Morgan fingerprint density at radius 2 is 2.10 bits per heavy atom. The van der Waals surface area contributed by atoms with Crippen molar-refractivity contribution in [2.24, 2.45) is 0 Å². The van der Waals surface area contributed by atoms with Gasteiger partial charge in [0, 0.05) is 17.7 Å². The molecule has 7 nitrogen and oxygen atoms in total. The predicted octanol–water partition coefficient (Wildman–Crippen LogP) is 5.25. The maximum atomic E-state index is 11.1. The van der Waals surface area contributed by atoms with Crippen LogP contribution in [0.3, 0.4) is 0 Å². The number of fused-ring (bicyclic) bond motifs is 1. The van der Waals surface area contributed by atoms with Gasteiger partial charge in [-0.15, -0.1) is 0 Å². The van der Waals surface area contributed by atoms with E-state index in [0.717, 1.165) is 5.52 Å². The fourth-order valence-corrected chi connectivity index (χ4v) is 3.23. The van der Waals surface area contributed by atoms with Crippen LogP contribution in [0.15, 0.2) is 52.9 Å². The molecule has 0 saturated heterocycles. The number of hydrogen-bond acceptors (Lipinski definition) is 5. The lowest BCUT2D eigenvalue weighted by molar-refractivity contribution is 0.0697. The molecule has 0 aliphatic heterocycles. The number of carboxylic acid groups (broad SMARTS) is 1. The first-order valence-corrected chi connectivity index (χ1v) is 9.15. The molecule has 0 bridgehead atoms. The van der Waals surface area contributed by atoms with Crippen molar-refractivity contribution < 1.29 is 19.1 Å². The van der Waals surface area contributed by atoms with Gasteiger partial charge in [-0.2, -0.15) is 5.26 Å². The standard InChI is InChI=1S/C22H14ClN3O4/c1-29-14-3-6-18-19(10-14)26-21(25-18)13(11-24)8-15-4-7-20(30-15)12-2-5-16(22(27)28)17(23)9-12/h2-10H,1H3,(H,25,26)(H,27,28). The molecule has 4 rings (SSSR count). The number of benzene rings is 2. The Labute approximate surface area is 175 Å². The maximum absolute atomic E-state index is 11.1. The second-order valence-corrected chi connectivity index (χ2v) is 6.75. The number of rotatable bonds is 5. The van der Waals surface area contributed by atoms with Crippen LogP contribution in [0.4, 0.5) is 0 Å². The molecule has 0 aliphatic carbocycles. The van der Waals surface area contributed by atoms with Gasteiger partial charge in [0.15, 0.2) is 0 Å². The van der Waals surface area contributed by atoms with Crippen molar-refractivity contribution in [1.29, 1.82) is 5.26 Å². The van der Waals surface area contributed by atoms with Crippen molar-refractivity contribution in [2.75, 3.05) is 7.11 Å². The molecule has 0 aliphatic rings. The number of nitrogens with one attached hydrogen (secondary N) is 1. The van der Waals surface area contributed by atoms with E-state index in [1.165, 1.54) is 12.1 Å². The van der Waals surface area contributed by atoms with E-state index in [1.807, 2.05) is 0 Å². The van der Waals surface area contributed by atoms with E-state index in [0.29, 0.717) is 39.7 Å². The van der Waals surface area contributed by atoms with Gasteiger partial charge >= 0.3 is 5.97 Å². The molecule has 0 saturated carbocycles. The third-order valence-corrected chi connectivity index (χ3v) is 4.77. The maximum Gasteiger partial charge on any atom is 0.337 e. The number of ether oxygens (including phenoxy) is 1. The summed E-state index contributed by atoms with van der Waals surface area (Å²) in [6.45, 7) is 0. The average molecular weight is 420 g/mol. The summed E-state index contributed by atoms with van der Waals surface area (Å²) in [6, 6.07) is 15.5. The van der Waals surface area contributed by atoms with Crippen molar-refractivity contribution >= 4 is 40.3 Å². The van der Waals surface area contributed by atoms with Gasteiger partial charge in [-0.1, -0.05) is 17.7 Å². The van der Waals surface area contributed by atoms with Crippen molar-refractivity contribution in [3.05, 3.63) is 70.7 Å². The first kappa shape index (κ1) is 19.3. The van der Waals surface area contributed by atoms with Gasteiger partial charge in [-0.25, -0.2) is 9.78 Å². The Morgan fingerprint density at radius 1 is 1.27 bits per heavy atom. The molecule has 2 aromatic heterocycles. The van der Waals surface area contributed by atoms with E-state index < -0.39 is 5.97 Å². The number of halogens is 1. The SMILES string of the molecule is COc1ccc2nc(C(C#N)=Cc3ccc(-c4ccc(C(=O)O)c(Cl)c4)o3)[nH]c2c1. The number of H-pyrrole nitrogens is 1. The number of aromatic nitrogens is 2.